The monoisotopic (exact) mass is 248 g/mol. The lowest BCUT2D eigenvalue weighted by atomic mass is 9.94. The average Bonchev–Trinajstić information content (AvgIpc) is 2.70. The van der Waals surface area contributed by atoms with E-state index in [1.807, 2.05) is 0 Å². The van der Waals surface area contributed by atoms with Crippen LogP contribution in [0.4, 0.5) is 0 Å². The van der Waals surface area contributed by atoms with E-state index in [4.69, 9.17) is 28.4 Å². The van der Waals surface area contributed by atoms with Crippen molar-refractivity contribution in [3.05, 3.63) is 0 Å². The van der Waals surface area contributed by atoms with Gasteiger partial charge in [-0.1, -0.05) is 0 Å². The van der Waals surface area contributed by atoms with Crippen molar-refractivity contribution >= 4 is 0 Å². The van der Waals surface area contributed by atoms with Crippen molar-refractivity contribution < 1.29 is 28.4 Å². The van der Waals surface area contributed by atoms with Crippen molar-refractivity contribution in [2.75, 3.05) is 41.7 Å². The van der Waals surface area contributed by atoms with E-state index in [2.05, 4.69) is 0 Å². The highest BCUT2D eigenvalue weighted by molar-refractivity contribution is 5.03. The molecule has 2 aliphatic rings. The minimum absolute atomic E-state index is 0.147. The van der Waals surface area contributed by atoms with E-state index in [-0.39, 0.29) is 24.4 Å². The molecule has 0 aromatic heterocycles. The third kappa shape index (κ3) is 1.99. The van der Waals surface area contributed by atoms with Crippen LogP contribution < -0.4 is 0 Å². The fraction of sp³-hybridized carbons (Fsp3) is 1.00. The molecule has 0 aromatic rings. The first-order valence-electron chi connectivity index (χ1n) is 5.61. The topological polar surface area (TPSA) is 55.4 Å². The number of rotatable bonds is 5. The van der Waals surface area contributed by atoms with Gasteiger partial charge >= 0.3 is 0 Å². The van der Waals surface area contributed by atoms with Crippen LogP contribution in [0, 0.1) is 0 Å². The fourth-order valence-corrected chi connectivity index (χ4v) is 2.71. The van der Waals surface area contributed by atoms with Gasteiger partial charge in [-0.25, -0.2) is 0 Å². The maximum atomic E-state index is 5.89. The van der Waals surface area contributed by atoms with Crippen LogP contribution in [0.5, 0.6) is 0 Å². The van der Waals surface area contributed by atoms with Gasteiger partial charge in [0.1, 0.15) is 31.0 Å². The Kier molecular flexibility index (Phi) is 4.02. The summed E-state index contributed by atoms with van der Waals surface area (Å²) >= 11 is 0. The Balaban J connectivity index is 2.26. The summed E-state index contributed by atoms with van der Waals surface area (Å²) in [5.41, 5.74) is 0. The highest BCUT2D eigenvalue weighted by Gasteiger charge is 2.61. The Morgan fingerprint density at radius 1 is 1.06 bits per heavy atom. The molecule has 0 N–H and O–H groups in total. The molecule has 0 radical (unpaired) electrons. The van der Waals surface area contributed by atoms with Crippen LogP contribution in [0.25, 0.3) is 0 Å². The molecule has 0 unspecified atom stereocenters. The molecule has 2 saturated heterocycles. The Morgan fingerprint density at radius 3 is 2.29 bits per heavy atom. The molecular weight excluding hydrogens is 228 g/mol. The Bertz CT molecular complexity index is 260. The van der Waals surface area contributed by atoms with Gasteiger partial charge in [0.2, 0.25) is 5.79 Å². The summed E-state index contributed by atoms with van der Waals surface area (Å²) in [4.78, 5) is 0. The Labute approximate surface area is 101 Å². The zero-order valence-electron chi connectivity index (χ0n) is 10.7. The zero-order valence-corrected chi connectivity index (χ0v) is 10.7. The van der Waals surface area contributed by atoms with Crippen LogP contribution in [0.1, 0.15) is 0 Å². The summed E-state index contributed by atoms with van der Waals surface area (Å²) in [5.74, 6) is -0.885. The van der Waals surface area contributed by atoms with Crippen molar-refractivity contribution in [1.29, 1.82) is 0 Å². The summed E-state index contributed by atoms with van der Waals surface area (Å²) in [6, 6.07) is 0. The first-order chi connectivity index (χ1) is 8.22. The molecule has 17 heavy (non-hydrogen) atoms. The molecule has 6 heteroatoms. The van der Waals surface area contributed by atoms with Gasteiger partial charge in [-0.05, 0) is 0 Å². The SMILES string of the molecule is COC[C@@]12OC[C@@H](O1)[C@@H](OC)[C@@H](OC)[C@@H]2OC. The molecule has 2 heterocycles. The highest BCUT2D eigenvalue weighted by Crippen LogP contribution is 2.40. The summed E-state index contributed by atoms with van der Waals surface area (Å²) in [6.07, 6.45) is -0.957. The molecule has 100 valence electrons. The van der Waals surface area contributed by atoms with Crippen molar-refractivity contribution in [2.45, 2.75) is 30.2 Å². The van der Waals surface area contributed by atoms with Gasteiger partial charge in [0.15, 0.2) is 0 Å². The molecule has 5 atom stereocenters. The second-order valence-electron chi connectivity index (χ2n) is 4.27. The van der Waals surface area contributed by atoms with Gasteiger partial charge in [0.05, 0.1) is 6.61 Å². The maximum absolute atomic E-state index is 5.89. The molecule has 0 amide bonds. The smallest absolute Gasteiger partial charge is 0.222 e. The van der Waals surface area contributed by atoms with Gasteiger partial charge in [0.25, 0.3) is 0 Å². The van der Waals surface area contributed by atoms with E-state index in [0.29, 0.717) is 13.2 Å². The van der Waals surface area contributed by atoms with Crippen molar-refractivity contribution in [3.8, 4) is 0 Å². The Hall–Kier alpha value is -0.240. The second-order valence-corrected chi connectivity index (χ2v) is 4.27. The number of methoxy groups -OCH3 is 4. The van der Waals surface area contributed by atoms with Crippen molar-refractivity contribution in [1.82, 2.24) is 0 Å². The summed E-state index contributed by atoms with van der Waals surface area (Å²) in [6.45, 7) is 0.764. The summed E-state index contributed by atoms with van der Waals surface area (Å²) in [5, 5.41) is 0. The maximum Gasteiger partial charge on any atom is 0.222 e. The van der Waals surface area contributed by atoms with E-state index < -0.39 is 5.79 Å². The van der Waals surface area contributed by atoms with Gasteiger partial charge in [-0.2, -0.15) is 0 Å². The van der Waals surface area contributed by atoms with Crippen LogP contribution in [0.3, 0.4) is 0 Å². The molecular formula is C11H20O6. The van der Waals surface area contributed by atoms with Crippen molar-refractivity contribution in [3.63, 3.8) is 0 Å². The summed E-state index contributed by atoms with van der Waals surface area (Å²) < 4.78 is 33.2. The van der Waals surface area contributed by atoms with E-state index >= 15 is 0 Å². The molecule has 2 aliphatic heterocycles. The predicted octanol–water partition coefficient (Wildman–Crippen LogP) is -0.197. The minimum atomic E-state index is -0.885. The largest absolute Gasteiger partial charge is 0.379 e. The summed E-state index contributed by atoms with van der Waals surface area (Å²) in [7, 11) is 6.47. The first kappa shape index (κ1) is 13.2. The number of hydrogen-bond acceptors (Lipinski definition) is 6. The van der Waals surface area contributed by atoms with Crippen LogP contribution >= 0.6 is 0 Å². The molecule has 0 saturated carbocycles. The average molecular weight is 248 g/mol. The molecule has 2 fully saturated rings. The molecule has 0 spiro atoms. The quantitative estimate of drug-likeness (QED) is 0.672. The molecule has 0 aromatic carbocycles. The third-order valence-corrected chi connectivity index (χ3v) is 3.41. The highest BCUT2D eigenvalue weighted by atomic mass is 16.8. The molecule has 0 aliphatic carbocycles. The van der Waals surface area contributed by atoms with Crippen LogP contribution in [0.15, 0.2) is 0 Å². The van der Waals surface area contributed by atoms with Crippen LogP contribution in [0.2, 0.25) is 0 Å². The first-order valence-corrected chi connectivity index (χ1v) is 5.61. The van der Waals surface area contributed by atoms with E-state index in [1.54, 1.807) is 28.4 Å². The van der Waals surface area contributed by atoms with E-state index in [9.17, 15) is 0 Å². The number of ether oxygens (including phenoxy) is 6. The fourth-order valence-electron chi connectivity index (χ4n) is 2.71. The third-order valence-electron chi connectivity index (χ3n) is 3.41. The van der Waals surface area contributed by atoms with Gasteiger partial charge < -0.3 is 28.4 Å². The second kappa shape index (κ2) is 5.17. The van der Waals surface area contributed by atoms with E-state index in [1.165, 1.54) is 0 Å². The molecule has 2 bridgehead atoms. The molecule has 6 nitrogen and oxygen atoms in total. The Morgan fingerprint density at radius 2 is 1.76 bits per heavy atom. The zero-order chi connectivity index (χ0) is 12.5. The van der Waals surface area contributed by atoms with Crippen LogP contribution in [-0.2, 0) is 28.4 Å². The van der Waals surface area contributed by atoms with Crippen molar-refractivity contribution in [2.24, 2.45) is 0 Å². The standard InChI is InChI=1S/C11H20O6/c1-12-6-11-10(15-4)9(14-3)8(13-2)7(17-11)5-16-11/h7-10H,5-6H2,1-4H3/t7-,8-,9-,10+,11-/m1/s1. The van der Waals surface area contributed by atoms with Gasteiger partial charge in [0, 0.05) is 28.4 Å². The lowest BCUT2D eigenvalue weighted by Gasteiger charge is -2.44. The lowest BCUT2D eigenvalue weighted by Crippen LogP contribution is -2.63. The number of hydrogen-bond donors (Lipinski definition) is 0. The van der Waals surface area contributed by atoms with Gasteiger partial charge in [-0.15, -0.1) is 0 Å². The molecule has 2 rings (SSSR count). The predicted molar refractivity (Wildman–Crippen MR) is 57.8 cm³/mol. The van der Waals surface area contributed by atoms with E-state index in [0.717, 1.165) is 0 Å². The van der Waals surface area contributed by atoms with Gasteiger partial charge in [-0.3, -0.25) is 0 Å². The van der Waals surface area contributed by atoms with Crippen LogP contribution in [-0.4, -0.2) is 71.9 Å². The lowest BCUT2D eigenvalue weighted by molar-refractivity contribution is -0.318. The number of fused-ring (bicyclic) bond motifs is 2. The normalized spacial score (nSPS) is 45.2. The minimum Gasteiger partial charge on any atom is -0.379 e.